The van der Waals surface area contributed by atoms with Crippen molar-refractivity contribution in [3.05, 3.63) is 131 Å². The van der Waals surface area contributed by atoms with Gasteiger partial charge in [-0.05, 0) is 61.4 Å². The molecule has 0 aliphatic rings. The third-order valence-corrected chi connectivity index (χ3v) is 7.11. The molecule has 48 heavy (non-hydrogen) atoms. The molecule has 2 amide bonds. The van der Waals surface area contributed by atoms with E-state index < -0.39 is 11.9 Å². The van der Waals surface area contributed by atoms with Crippen LogP contribution in [0.15, 0.2) is 119 Å². The third-order valence-electron chi connectivity index (χ3n) is 7.11. The zero-order chi connectivity index (χ0) is 33.8. The second-order valence-electron chi connectivity index (χ2n) is 10.8. The Kier molecular flexibility index (Phi) is 14.3. The molecule has 0 aliphatic carbocycles. The maximum atomic E-state index is 12.4. The van der Waals surface area contributed by atoms with E-state index in [4.69, 9.17) is 9.47 Å². The normalized spacial score (nSPS) is 10.9. The van der Waals surface area contributed by atoms with Gasteiger partial charge in [0.15, 0.2) is 0 Å². The number of carbonyl (C=O) groups is 4. The minimum Gasteiger partial charge on any atom is -0.422 e. The monoisotopic (exact) mass is 646 g/mol. The zero-order valence-electron chi connectivity index (χ0n) is 26.5. The predicted molar refractivity (Wildman–Crippen MR) is 184 cm³/mol. The van der Waals surface area contributed by atoms with Gasteiger partial charge >= 0.3 is 11.9 Å². The molecule has 0 unspecified atom stereocenters. The Labute approximate surface area is 279 Å². The topological polar surface area (TPSA) is 136 Å². The molecule has 10 nitrogen and oxygen atoms in total. The summed E-state index contributed by atoms with van der Waals surface area (Å²) in [5.41, 5.74) is 7.06. The van der Waals surface area contributed by atoms with Crippen LogP contribution in [0.5, 0.6) is 11.5 Å². The average molecular weight is 647 g/mol. The van der Waals surface area contributed by atoms with Crippen LogP contribution in [0.2, 0.25) is 0 Å². The van der Waals surface area contributed by atoms with E-state index in [0.717, 1.165) is 38.5 Å². The first kappa shape index (κ1) is 35.0. The Morgan fingerprint density at radius 3 is 1.25 bits per heavy atom. The lowest BCUT2D eigenvalue weighted by molar-refractivity contribution is -0.122. The van der Waals surface area contributed by atoms with Crippen LogP contribution >= 0.6 is 0 Å². The second kappa shape index (κ2) is 19.6. The summed E-state index contributed by atoms with van der Waals surface area (Å²) in [6.45, 7) is 0. The molecule has 246 valence electrons. The number of rotatable bonds is 17. The molecule has 4 aromatic carbocycles. The summed E-state index contributed by atoms with van der Waals surface area (Å²) in [5, 5.41) is 8.04. The summed E-state index contributed by atoms with van der Waals surface area (Å²) < 4.78 is 11.0. The van der Waals surface area contributed by atoms with E-state index in [9.17, 15) is 19.2 Å². The lowest BCUT2D eigenvalue weighted by Crippen LogP contribution is -2.17. The van der Waals surface area contributed by atoms with Gasteiger partial charge in [-0.1, -0.05) is 86.3 Å². The first-order valence-electron chi connectivity index (χ1n) is 15.9. The highest BCUT2D eigenvalue weighted by Gasteiger charge is 2.12. The molecule has 0 aliphatic heterocycles. The Morgan fingerprint density at radius 2 is 0.833 bits per heavy atom. The van der Waals surface area contributed by atoms with Gasteiger partial charge in [-0.25, -0.2) is 20.4 Å². The number of amides is 2. The summed E-state index contributed by atoms with van der Waals surface area (Å²) in [5.74, 6) is -0.647. The fraction of sp³-hybridized carbons (Fsp3) is 0.211. The van der Waals surface area contributed by atoms with Gasteiger partial charge in [-0.2, -0.15) is 10.2 Å². The SMILES string of the molecule is O=C(CCCCCCCCC(=O)NN=Cc1ccccc1OC(=O)c1ccccc1)NN=Cc1ccccc1OC(=O)c1ccccc1. The fourth-order valence-corrected chi connectivity index (χ4v) is 4.56. The number of esters is 2. The Morgan fingerprint density at radius 1 is 0.479 bits per heavy atom. The van der Waals surface area contributed by atoms with Crippen LogP contribution in [0.25, 0.3) is 0 Å². The van der Waals surface area contributed by atoms with Crippen molar-refractivity contribution in [2.45, 2.75) is 51.4 Å². The molecule has 0 spiro atoms. The van der Waals surface area contributed by atoms with Crippen LogP contribution in [0.3, 0.4) is 0 Å². The number of carbonyl (C=O) groups excluding carboxylic acids is 4. The van der Waals surface area contributed by atoms with E-state index in [1.54, 1.807) is 97.1 Å². The van der Waals surface area contributed by atoms with Crippen LogP contribution in [0.1, 0.15) is 83.2 Å². The van der Waals surface area contributed by atoms with E-state index in [1.165, 1.54) is 12.4 Å². The standard InChI is InChI=1S/C38H38N4O6/c43-35(41-39-27-31-21-13-15-23-33(31)47-37(45)29-17-7-5-8-18-29)25-11-3-1-2-4-12-26-36(44)42-40-28-32-22-14-16-24-34(32)48-38(46)30-19-9-6-10-20-30/h5-10,13-24,27-28H,1-4,11-12,25-26H2,(H,41,43)(H,42,44). The number of nitrogens with zero attached hydrogens (tertiary/aromatic N) is 2. The van der Waals surface area contributed by atoms with Gasteiger partial charge in [0.05, 0.1) is 23.6 Å². The smallest absolute Gasteiger partial charge is 0.343 e. The Balaban J connectivity index is 1.05. The quantitative estimate of drug-likeness (QED) is 0.0424. The van der Waals surface area contributed by atoms with Gasteiger partial charge in [0.1, 0.15) is 11.5 Å². The first-order valence-corrected chi connectivity index (χ1v) is 15.9. The fourth-order valence-electron chi connectivity index (χ4n) is 4.56. The molecular weight excluding hydrogens is 608 g/mol. The summed E-state index contributed by atoms with van der Waals surface area (Å²) in [6.07, 6.45) is 8.73. The average Bonchev–Trinajstić information content (AvgIpc) is 3.11. The van der Waals surface area contributed by atoms with Gasteiger partial charge < -0.3 is 9.47 Å². The van der Waals surface area contributed by atoms with E-state index in [0.29, 0.717) is 46.6 Å². The van der Waals surface area contributed by atoms with Gasteiger partial charge in [0.2, 0.25) is 11.8 Å². The zero-order valence-corrected chi connectivity index (χ0v) is 26.5. The molecule has 0 saturated heterocycles. The summed E-state index contributed by atoms with van der Waals surface area (Å²) >= 11 is 0. The molecule has 0 atom stereocenters. The second-order valence-corrected chi connectivity index (χ2v) is 10.8. The summed E-state index contributed by atoms with van der Waals surface area (Å²) in [7, 11) is 0. The molecule has 10 heteroatoms. The van der Waals surface area contributed by atoms with Crippen molar-refractivity contribution >= 4 is 36.2 Å². The van der Waals surface area contributed by atoms with Crippen molar-refractivity contribution < 1.29 is 28.7 Å². The van der Waals surface area contributed by atoms with Gasteiger partial charge in [0.25, 0.3) is 0 Å². The van der Waals surface area contributed by atoms with Crippen molar-refractivity contribution in [3.63, 3.8) is 0 Å². The minimum atomic E-state index is -0.475. The first-order chi connectivity index (χ1) is 23.5. The van der Waals surface area contributed by atoms with Crippen LogP contribution in [-0.4, -0.2) is 36.2 Å². The predicted octanol–water partition coefficient (Wildman–Crippen LogP) is 6.85. The molecule has 2 N–H and O–H groups in total. The lowest BCUT2D eigenvalue weighted by Gasteiger charge is -2.07. The molecule has 0 aromatic heterocycles. The highest BCUT2D eigenvalue weighted by molar-refractivity contribution is 5.94. The molecule has 0 fully saturated rings. The van der Waals surface area contributed by atoms with Crippen molar-refractivity contribution in [2.75, 3.05) is 0 Å². The number of nitrogens with one attached hydrogen (secondary N) is 2. The number of hydrogen-bond acceptors (Lipinski definition) is 8. The highest BCUT2D eigenvalue weighted by atomic mass is 16.5. The van der Waals surface area contributed by atoms with Crippen molar-refractivity contribution in [2.24, 2.45) is 10.2 Å². The third kappa shape index (κ3) is 12.1. The van der Waals surface area contributed by atoms with Gasteiger partial charge in [-0.15, -0.1) is 0 Å². The van der Waals surface area contributed by atoms with Crippen LogP contribution in [0.4, 0.5) is 0 Å². The van der Waals surface area contributed by atoms with Crippen LogP contribution < -0.4 is 20.3 Å². The number of hydrazone groups is 2. The largest absolute Gasteiger partial charge is 0.422 e. The molecular formula is C38H38N4O6. The number of ether oxygens (including phenoxy) is 2. The molecule has 0 heterocycles. The maximum absolute atomic E-state index is 12.4. The van der Waals surface area contributed by atoms with Gasteiger partial charge in [0, 0.05) is 24.0 Å². The summed E-state index contributed by atoms with van der Waals surface area (Å²) in [6, 6.07) is 31.3. The molecule has 0 radical (unpaired) electrons. The number of para-hydroxylation sites is 2. The van der Waals surface area contributed by atoms with Crippen molar-refractivity contribution in [3.8, 4) is 11.5 Å². The minimum absolute atomic E-state index is 0.195. The number of unbranched alkanes of at least 4 members (excludes halogenated alkanes) is 5. The van der Waals surface area contributed by atoms with Crippen molar-refractivity contribution in [1.82, 2.24) is 10.9 Å². The molecule has 0 bridgehead atoms. The molecule has 4 rings (SSSR count). The Bertz CT molecular complexity index is 1580. The Hall–Kier alpha value is -5.90. The molecule has 0 saturated carbocycles. The molecule has 4 aromatic rings. The van der Waals surface area contributed by atoms with E-state index >= 15 is 0 Å². The summed E-state index contributed by atoms with van der Waals surface area (Å²) in [4.78, 5) is 49.2. The van der Waals surface area contributed by atoms with E-state index in [2.05, 4.69) is 21.1 Å². The maximum Gasteiger partial charge on any atom is 0.343 e. The lowest BCUT2D eigenvalue weighted by atomic mass is 10.1. The van der Waals surface area contributed by atoms with Crippen molar-refractivity contribution in [1.29, 1.82) is 0 Å². The highest BCUT2D eigenvalue weighted by Crippen LogP contribution is 2.19. The van der Waals surface area contributed by atoms with Crippen LogP contribution in [-0.2, 0) is 9.59 Å². The van der Waals surface area contributed by atoms with Crippen LogP contribution in [0, 0.1) is 0 Å². The van der Waals surface area contributed by atoms with Gasteiger partial charge in [-0.3, -0.25) is 9.59 Å². The van der Waals surface area contributed by atoms with E-state index in [1.807, 2.05) is 12.1 Å². The van der Waals surface area contributed by atoms with E-state index in [-0.39, 0.29) is 11.8 Å². The number of hydrogen-bond donors (Lipinski definition) is 2. The number of benzene rings is 4.